The molecule has 0 unspecified atom stereocenters. The van der Waals surface area contributed by atoms with Gasteiger partial charge in [-0.2, -0.15) is 5.10 Å². The van der Waals surface area contributed by atoms with Crippen LogP contribution in [0, 0.1) is 11.7 Å². The van der Waals surface area contributed by atoms with Crippen molar-refractivity contribution >= 4 is 17.5 Å². The first-order valence-corrected chi connectivity index (χ1v) is 12.1. The third-order valence-electron chi connectivity index (χ3n) is 6.26. The fourth-order valence-corrected chi connectivity index (χ4v) is 4.25. The number of nitrogens with one attached hydrogen (secondary N) is 1. The van der Waals surface area contributed by atoms with E-state index in [-0.39, 0.29) is 17.4 Å². The monoisotopic (exact) mass is 493 g/mol. The minimum absolute atomic E-state index is 0.0203. The lowest BCUT2D eigenvalue weighted by Gasteiger charge is -2.35. The molecule has 4 rings (SSSR count). The molecule has 0 aliphatic carbocycles. The molecule has 0 bridgehead atoms. The average Bonchev–Trinajstić information content (AvgIpc) is 3.30. The van der Waals surface area contributed by atoms with Gasteiger partial charge in [0.1, 0.15) is 18.2 Å². The molecule has 190 valence electrons. The topological polar surface area (TPSA) is 79.7 Å². The third-order valence-corrected chi connectivity index (χ3v) is 6.26. The molecule has 1 N–H and O–H groups in total. The van der Waals surface area contributed by atoms with Crippen LogP contribution in [-0.4, -0.2) is 70.7 Å². The molecule has 1 aliphatic heterocycles. The Balaban J connectivity index is 1.41. The van der Waals surface area contributed by atoms with Crippen molar-refractivity contribution in [1.82, 2.24) is 19.6 Å². The van der Waals surface area contributed by atoms with Crippen molar-refractivity contribution < 1.29 is 18.7 Å². The van der Waals surface area contributed by atoms with Crippen molar-refractivity contribution in [3.8, 4) is 17.0 Å². The molecular weight excluding hydrogens is 461 g/mol. The summed E-state index contributed by atoms with van der Waals surface area (Å²) in [6.45, 7) is 8.20. The molecule has 1 fully saturated rings. The Morgan fingerprint density at radius 2 is 1.86 bits per heavy atom. The average molecular weight is 494 g/mol. The highest BCUT2D eigenvalue weighted by Crippen LogP contribution is 2.32. The maximum Gasteiger partial charge on any atom is 0.255 e. The first-order valence-electron chi connectivity index (χ1n) is 12.1. The van der Waals surface area contributed by atoms with Crippen molar-refractivity contribution in [1.29, 1.82) is 0 Å². The summed E-state index contributed by atoms with van der Waals surface area (Å²) in [5.74, 6) is 0.0447. The smallest absolute Gasteiger partial charge is 0.255 e. The molecular formula is C27H32FN5O3. The summed E-state index contributed by atoms with van der Waals surface area (Å²) in [7, 11) is 1.84. The van der Waals surface area contributed by atoms with E-state index in [4.69, 9.17) is 4.74 Å². The lowest BCUT2D eigenvalue weighted by atomic mass is 10.1. The molecule has 1 saturated heterocycles. The van der Waals surface area contributed by atoms with Crippen molar-refractivity contribution in [2.24, 2.45) is 13.0 Å². The second-order valence-corrected chi connectivity index (χ2v) is 9.19. The summed E-state index contributed by atoms with van der Waals surface area (Å²) in [6, 6.07) is 12.9. The van der Waals surface area contributed by atoms with Gasteiger partial charge in [-0.05, 0) is 42.5 Å². The number of aromatic nitrogens is 2. The highest BCUT2D eigenvalue weighted by Gasteiger charge is 2.23. The van der Waals surface area contributed by atoms with Gasteiger partial charge in [0.2, 0.25) is 5.91 Å². The fourth-order valence-electron chi connectivity index (χ4n) is 4.25. The first kappa shape index (κ1) is 25.4. The molecule has 0 spiro atoms. The summed E-state index contributed by atoms with van der Waals surface area (Å²) in [6.07, 6.45) is 1.70. The molecule has 8 nitrogen and oxygen atoms in total. The number of amides is 2. The summed E-state index contributed by atoms with van der Waals surface area (Å²) in [5.41, 5.74) is 2.44. The van der Waals surface area contributed by atoms with Gasteiger partial charge in [0.25, 0.3) is 5.91 Å². The largest absolute Gasteiger partial charge is 0.492 e. The molecule has 0 radical (unpaired) electrons. The van der Waals surface area contributed by atoms with Gasteiger partial charge in [-0.1, -0.05) is 19.9 Å². The Labute approximate surface area is 210 Å². The van der Waals surface area contributed by atoms with E-state index in [0.717, 1.165) is 44.0 Å². The highest BCUT2D eigenvalue weighted by molar-refractivity contribution is 6.04. The Bertz CT molecular complexity index is 1220. The van der Waals surface area contributed by atoms with Gasteiger partial charge in [-0.15, -0.1) is 0 Å². The van der Waals surface area contributed by atoms with Gasteiger partial charge in [-0.25, -0.2) is 4.39 Å². The molecule has 1 aromatic heterocycles. The second-order valence-electron chi connectivity index (χ2n) is 9.19. The maximum atomic E-state index is 13.5. The molecule has 0 atom stereocenters. The van der Waals surface area contributed by atoms with E-state index in [1.54, 1.807) is 23.0 Å². The predicted molar refractivity (Wildman–Crippen MR) is 136 cm³/mol. The van der Waals surface area contributed by atoms with Gasteiger partial charge in [0.05, 0.1) is 5.69 Å². The predicted octanol–water partition coefficient (Wildman–Crippen LogP) is 3.66. The fraction of sp³-hybridized carbons (Fsp3) is 0.370. The van der Waals surface area contributed by atoms with Crippen LogP contribution in [-0.2, 0) is 11.8 Å². The van der Waals surface area contributed by atoms with Gasteiger partial charge in [0.15, 0.2) is 0 Å². The number of aryl methyl sites for hydroxylation is 1. The highest BCUT2D eigenvalue weighted by atomic mass is 19.1. The maximum absolute atomic E-state index is 13.5. The zero-order valence-electron chi connectivity index (χ0n) is 20.9. The summed E-state index contributed by atoms with van der Waals surface area (Å²) in [5, 5.41) is 7.09. The third kappa shape index (κ3) is 6.09. The minimum atomic E-state index is -0.463. The normalized spacial score (nSPS) is 14.2. The van der Waals surface area contributed by atoms with E-state index in [9.17, 15) is 14.0 Å². The van der Waals surface area contributed by atoms with E-state index in [0.29, 0.717) is 18.0 Å². The van der Waals surface area contributed by atoms with Crippen LogP contribution in [0.2, 0.25) is 0 Å². The Morgan fingerprint density at radius 3 is 2.53 bits per heavy atom. The summed E-state index contributed by atoms with van der Waals surface area (Å²) in [4.78, 5) is 29.0. The SMILES string of the molecule is CC(C)C(=O)N1CCN(CCOc2ccc(NC(=O)c3cccc(F)c3)cc2-c2ccnn2C)CC1. The van der Waals surface area contributed by atoms with Gasteiger partial charge in [0, 0.05) is 68.7 Å². The van der Waals surface area contributed by atoms with E-state index in [1.807, 2.05) is 44.0 Å². The summed E-state index contributed by atoms with van der Waals surface area (Å²) >= 11 is 0. The van der Waals surface area contributed by atoms with Crippen LogP contribution in [0.1, 0.15) is 24.2 Å². The number of hydrogen-bond acceptors (Lipinski definition) is 5. The van der Waals surface area contributed by atoms with Crippen molar-refractivity contribution in [3.05, 3.63) is 66.1 Å². The van der Waals surface area contributed by atoms with Crippen LogP contribution in [0.5, 0.6) is 5.75 Å². The van der Waals surface area contributed by atoms with E-state index >= 15 is 0 Å². The number of anilines is 1. The second kappa shape index (κ2) is 11.3. The number of carbonyl (C=O) groups is 2. The molecule has 0 saturated carbocycles. The number of halogens is 1. The molecule has 1 aliphatic rings. The molecule has 9 heteroatoms. The lowest BCUT2D eigenvalue weighted by molar-refractivity contribution is -0.136. The van der Waals surface area contributed by atoms with Gasteiger partial charge >= 0.3 is 0 Å². The van der Waals surface area contributed by atoms with Crippen LogP contribution in [0.3, 0.4) is 0 Å². The molecule has 3 aromatic rings. The van der Waals surface area contributed by atoms with Crippen molar-refractivity contribution in [2.45, 2.75) is 13.8 Å². The number of carbonyl (C=O) groups excluding carboxylic acids is 2. The van der Waals surface area contributed by atoms with Crippen molar-refractivity contribution in [2.75, 3.05) is 44.6 Å². The minimum Gasteiger partial charge on any atom is -0.492 e. The standard InChI is InChI=1S/C27H32FN5O3/c1-19(2)27(35)33-13-11-32(12-14-33)15-16-36-25-8-7-22(18-23(25)24-9-10-29-31(24)3)30-26(34)20-5-4-6-21(28)17-20/h4-10,17-19H,11-16H2,1-3H3,(H,30,34). The van der Waals surface area contributed by atoms with Crippen LogP contribution < -0.4 is 10.1 Å². The molecule has 36 heavy (non-hydrogen) atoms. The van der Waals surface area contributed by atoms with Gasteiger partial charge in [-0.3, -0.25) is 19.2 Å². The Kier molecular flexibility index (Phi) is 8.00. The zero-order chi connectivity index (χ0) is 25.7. The van der Waals surface area contributed by atoms with Gasteiger partial charge < -0.3 is 15.0 Å². The van der Waals surface area contributed by atoms with E-state index in [1.165, 1.54) is 18.2 Å². The van der Waals surface area contributed by atoms with E-state index < -0.39 is 11.7 Å². The molecule has 2 amide bonds. The molecule has 2 heterocycles. The Morgan fingerprint density at radius 1 is 1.08 bits per heavy atom. The summed E-state index contributed by atoms with van der Waals surface area (Å²) < 4.78 is 21.4. The molecule has 2 aromatic carbocycles. The Hall–Kier alpha value is -3.72. The van der Waals surface area contributed by atoms with Crippen LogP contribution >= 0.6 is 0 Å². The quantitative estimate of drug-likeness (QED) is 0.518. The van der Waals surface area contributed by atoms with Crippen molar-refractivity contribution in [3.63, 3.8) is 0 Å². The van der Waals surface area contributed by atoms with Crippen LogP contribution in [0.25, 0.3) is 11.3 Å². The number of benzene rings is 2. The zero-order valence-corrected chi connectivity index (χ0v) is 20.9. The number of ether oxygens (including phenoxy) is 1. The number of nitrogens with zero attached hydrogens (tertiary/aromatic N) is 4. The first-order chi connectivity index (χ1) is 17.3. The number of hydrogen-bond donors (Lipinski definition) is 1. The van der Waals surface area contributed by atoms with E-state index in [2.05, 4.69) is 15.3 Å². The van der Waals surface area contributed by atoms with Crippen LogP contribution in [0.15, 0.2) is 54.7 Å². The number of rotatable bonds is 8. The lowest BCUT2D eigenvalue weighted by Crippen LogP contribution is -2.50. The van der Waals surface area contributed by atoms with Crippen LogP contribution in [0.4, 0.5) is 10.1 Å². The number of piperazine rings is 1.